The van der Waals surface area contributed by atoms with Crippen LogP contribution in [0, 0.1) is 5.92 Å². The van der Waals surface area contributed by atoms with Crippen molar-refractivity contribution >= 4 is 29.3 Å². The summed E-state index contributed by atoms with van der Waals surface area (Å²) < 4.78 is 5.27. The molecule has 27 heavy (non-hydrogen) atoms. The monoisotopic (exact) mass is 395 g/mol. The van der Waals surface area contributed by atoms with E-state index in [0.29, 0.717) is 30.5 Å². The number of likely N-dealkylation sites (tertiary alicyclic amines) is 1. The van der Waals surface area contributed by atoms with Gasteiger partial charge in [-0.3, -0.25) is 4.79 Å². The normalized spacial score (nSPS) is 18.0. The van der Waals surface area contributed by atoms with Crippen LogP contribution in [0.1, 0.15) is 40.0 Å². The lowest BCUT2D eigenvalue weighted by Gasteiger charge is -2.32. The molecule has 0 radical (unpaired) electrons. The van der Waals surface area contributed by atoms with Crippen LogP contribution in [-0.4, -0.2) is 48.7 Å². The first kappa shape index (κ1) is 21.5. The number of hydrogen-bond donors (Lipinski definition) is 2. The first-order chi connectivity index (χ1) is 12.7. The molecule has 1 heterocycles. The van der Waals surface area contributed by atoms with Crippen molar-refractivity contribution in [1.29, 1.82) is 0 Å². The smallest absolute Gasteiger partial charge is 0.407 e. The molecule has 7 heteroatoms. The summed E-state index contributed by atoms with van der Waals surface area (Å²) in [7, 11) is 0. The molecule has 1 fully saturated rings. The summed E-state index contributed by atoms with van der Waals surface area (Å²) in [5, 5.41) is 6.38. The number of carbonyl (C=O) groups is 2. The number of hydrogen-bond acceptors (Lipinski definition) is 4. The Labute approximate surface area is 166 Å². The number of anilines is 1. The van der Waals surface area contributed by atoms with Gasteiger partial charge in [-0.05, 0) is 70.3 Å². The minimum atomic E-state index is -0.486. The van der Waals surface area contributed by atoms with Gasteiger partial charge in [0.25, 0.3) is 0 Å². The van der Waals surface area contributed by atoms with Gasteiger partial charge in [-0.15, -0.1) is 0 Å². The van der Waals surface area contributed by atoms with E-state index in [-0.39, 0.29) is 12.0 Å². The lowest BCUT2D eigenvalue weighted by molar-refractivity contribution is -0.116. The molecule has 6 nitrogen and oxygen atoms in total. The molecule has 1 aromatic carbocycles. The van der Waals surface area contributed by atoms with Gasteiger partial charge in [-0.2, -0.15) is 0 Å². The Morgan fingerprint density at radius 1 is 1.26 bits per heavy atom. The maximum Gasteiger partial charge on any atom is 0.407 e. The zero-order valence-electron chi connectivity index (χ0n) is 16.4. The molecule has 2 N–H and O–H groups in total. The number of benzene rings is 1. The first-order valence-electron chi connectivity index (χ1n) is 9.46. The largest absolute Gasteiger partial charge is 0.444 e. The number of piperidine rings is 1. The van der Waals surface area contributed by atoms with Crippen LogP contribution < -0.4 is 10.6 Å². The predicted molar refractivity (Wildman–Crippen MR) is 108 cm³/mol. The molecule has 1 aliphatic rings. The van der Waals surface area contributed by atoms with Crippen LogP contribution in [0.5, 0.6) is 0 Å². The molecule has 0 bridgehead atoms. The van der Waals surface area contributed by atoms with Crippen LogP contribution in [0.25, 0.3) is 0 Å². The summed E-state index contributed by atoms with van der Waals surface area (Å²) in [6.45, 7) is 8.73. The molecule has 1 saturated heterocycles. The Morgan fingerprint density at radius 3 is 2.63 bits per heavy atom. The fourth-order valence-electron chi connectivity index (χ4n) is 3.08. The van der Waals surface area contributed by atoms with E-state index in [1.807, 2.05) is 20.8 Å². The molecule has 0 saturated carbocycles. The highest BCUT2D eigenvalue weighted by molar-refractivity contribution is 6.30. The Balaban J connectivity index is 1.68. The van der Waals surface area contributed by atoms with Crippen molar-refractivity contribution in [3.8, 4) is 0 Å². The van der Waals surface area contributed by atoms with E-state index in [1.165, 1.54) is 0 Å². The third-order valence-electron chi connectivity index (χ3n) is 4.32. The van der Waals surface area contributed by atoms with Crippen molar-refractivity contribution in [3.05, 3.63) is 29.3 Å². The van der Waals surface area contributed by atoms with Crippen molar-refractivity contribution in [1.82, 2.24) is 10.2 Å². The second-order valence-corrected chi connectivity index (χ2v) is 8.43. The lowest BCUT2D eigenvalue weighted by atomic mass is 9.98. The average Bonchev–Trinajstić information content (AvgIpc) is 2.59. The topological polar surface area (TPSA) is 70.7 Å². The van der Waals surface area contributed by atoms with Crippen LogP contribution in [0.3, 0.4) is 0 Å². The Hall–Kier alpha value is -1.79. The zero-order valence-corrected chi connectivity index (χ0v) is 17.1. The fourth-order valence-corrected chi connectivity index (χ4v) is 3.21. The maximum absolute atomic E-state index is 12.1. The summed E-state index contributed by atoms with van der Waals surface area (Å²) in [6, 6.07) is 7.09. The van der Waals surface area contributed by atoms with Crippen LogP contribution in [0.15, 0.2) is 24.3 Å². The van der Waals surface area contributed by atoms with E-state index in [1.54, 1.807) is 24.3 Å². The van der Waals surface area contributed by atoms with Gasteiger partial charge < -0.3 is 20.3 Å². The van der Waals surface area contributed by atoms with Crippen molar-refractivity contribution in [2.45, 2.75) is 45.6 Å². The third kappa shape index (κ3) is 8.63. The molecule has 1 unspecified atom stereocenters. The molecule has 2 rings (SSSR count). The second-order valence-electron chi connectivity index (χ2n) is 8.00. The van der Waals surface area contributed by atoms with Gasteiger partial charge >= 0.3 is 6.09 Å². The second kappa shape index (κ2) is 9.95. The third-order valence-corrected chi connectivity index (χ3v) is 4.57. The van der Waals surface area contributed by atoms with Gasteiger partial charge in [0.05, 0.1) is 0 Å². The molecule has 2 amide bonds. The number of alkyl carbamates (subject to hydrolysis) is 1. The Kier molecular flexibility index (Phi) is 7.92. The van der Waals surface area contributed by atoms with E-state index in [9.17, 15) is 9.59 Å². The van der Waals surface area contributed by atoms with Crippen molar-refractivity contribution in [2.75, 3.05) is 31.5 Å². The first-order valence-corrected chi connectivity index (χ1v) is 9.84. The van der Waals surface area contributed by atoms with Crippen molar-refractivity contribution in [3.63, 3.8) is 0 Å². The van der Waals surface area contributed by atoms with E-state index in [0.717, 1.165) is 31.6 Å². The predicted octanol–water partition coefficient (Wildman–Crippen LogP) is 3.91. The van der Waals surface area contributed by atoms with E-state index in [2.05, 4.69) is 15.5 Å². The molecule has 1 aromatic rings. The summed E-state index contributed by atoms with van der Waals surface area (Å²) in [4.78, 5) is 26.2. The maximum atomic E-state index is 12.1. The van der Waals surface area contributed by atoms with Gasteiger partial charge in [0.1, 0.15) is 5.60 Å². The van der Waals surface area contributed by atoms with Gasteiger partial charge in [-0.1, -0.05) is 11.6 Å². The molecular weight excluding hydrogens is 366 g/mol. The highest BCUT2D eigenvalue weighted by Crippen LogP contribution is 2.17. The molecule has 0 aliphatic carbocycles. The van der Waals surface area contributed by atoms with E-state index >= 15 is 0 Å². The molecular formula is C20H30ClN3O3. The number of rotatable bonds is 6. The Bertz CT molecular complexity index is 628. The Morgan fingerprint density at radius 2 is 1.96 bits per heavy atom. The van der Waals surface area contributed by atoms with Crippen molar-refractivity contribution in [2.24, 2.45) is 5.92 Å². The van der Waals surface area contributed by atoms with Gasteiger partial charge in [0.15, 0.2) is 0 Å². The molecule has 1 atom stereocenters. The summed E-state index contributed by atoms with van der Waals surface area (Å²) in [5.41, 5.74) is 0.266. The quantitative estimate of drug-likeness (QED) is 0.766. The average molecular weight is 396 g/mol. The number of nitrogens with one attached hydrogen (secondary N) is 2. The van der Waals surface area contributed by atoms with Gasteiger partial charge in [0, 0.05) is 36.8 Å². The zero-order chi connectivity index (χ0) is 19.9. The summed E-state index contributed by atoms with van der Waals surface area (Å²) in [6.07, 6.45) is 2.21. The number of carbonyl (C=O) groups excluding carboxylic acids is 2. The fraction of sp³-hybridized carbons (Fsp3) is 0.600. The SMILES string of the molecule is CC(C)(C)OC(=O)NCC1CCCN(CCC(=O)Nc2ccc(Cl)cc2)C1. The van der Waals surface area contributed by atoms with Gasteiger partial charge in [-0.25, -0.2) is 4.79 Å². The summed E-state index contributed by atoms with van der Waals surface area (Å²) >= 11 is 5.85. The number of amides is 2. The molecule has 150 valence electrons. The minimum absolute atomic E-state index is 0.00803. The number of nitrogens with zero attached hydrogens (tertiary/aromatic N) is 1. The van der Waals surface area contributed by atoms with Crippen LogP contribution in [0.2, 0.25) is 5.02 Å². The van der Waals surface area contributed by atoms with Crippen molar-refractivity contribution < 1.29 is 14.3 Å². The van der Waals surface area contributed by atoms with E-state index < -0.39 is 5.60 Å². The van der Waals surface area contributed by atoms with Gasteiger partial charge in [0.2, 0.25) is 5.91 Å². The van der Waals surface area contributed by atoms with Crippen LogP contribution in [-0.2, 0) is 9.53 Å². The minimum Gasteiger partial charge on any atom is -0.444 e. The summed E-state index contributed by atoms with van der Waals surface area (Å²) in [5.74, 6) is 0.372. The standard InChI is InChI=1S/C20H30ClN3O3/c1-20(2,3)27-19(26)22-13-15-5-4-11-24(14-15)12-10-18(25)23-17-8-6-16(21)7-9-17/h6-9,15H,4-5,10-14H2,1-3H3,(H,22,26)(H,23,25). The van der Waals surface area contributed by atoms with Crippen LogP contribution >= 0.6 is 11.6 Å². The molecule has 0 aromatic heterocycles. The molecule has 1 aliphatic heterocycles. The lowest BCUT2D eigenvalue weighted by Crippen LogP contribution is -2.42. The van der Waals surface area contributed by atoms with E-state index in [4.69, 9.17) is 16.3 Å². The van der Waals surface area contributed by atoms with Crippen LogP contribution in [0.4, 0.5) is 10.5 Å². The highest BCUT2D eigenvalue weighted by Gasteiger charge is 2.22. The molecule has 0 spiro atoms. The number of halogens is 1. The number of ether oxygens (including phenoxy) is 1. The highest BCUT2D eigenvalue weighted by atomic mass is 35.5.